The van der Waals surface area contributed by atoms with Crippen LogP contribution in [0.4, 0.5) is 38.0 Å². The highest BCUT2D eigenvalue weighted by molar-refractivity contribution is 5.87. The number of carbonyl (C=O) groups excluding carboxylic acids is 1. The number of halogens is 6. The molecule has 1 amide bonds. The molecule has 2 aromatic heterocycles. The Kier molecular flexibility index (Phi) is 8.17. The monoisotopic (exact) mass is 521 g/mol. The number of H-pyrrole nitrogens is 1. The highest BCUT2D eigenvalue weighted by atomic mass is 19.4. The second kappa shape index (κ2) is 10.9. The van der Waals surface area contributed by atoms with E-state index < -0.39 is 46.7 Å². The lowest BCUT2D eigenvalue weighted by atomic mass is 10.0. The summed E-state index contributed by atoms with van der Waals surface area (Å²) in [7, 11) is 0. The number of carbonyl (C=O) groups is 1. The van der Waals surface area contributed by atoms with Crippen LogP contribution in [0.15, 0.2) is 35.0 Å². The van der Waals surface area contributed by atoms with Crippen LogP contribution in [-0.2, 0) is 22.0 Å². The molecule has 0 aromatic carbocycles. The fourth-order valence-corrected chi connectivity index (χ4v) is 3.32. The number of rotatable bonds is 7. The zero-order valence-electron chi connectivity index (χ0n) is 18.7. The molecule has 2 aromatic rings. The topological polar surface area (TPSA) is 125 Å². The van der Waals surface area contributed by atoms with Crippen LogP contribution in [-0.4, -0.2) is 51.8 Å². The van der Waals surface area contributed by atoms with Gasteiger partial charge < -0.3 is 10.2 Å². The van der Waals surface area contributed by atoms with E-state index in [9.17, 15) is 35.9 Å². The predicted octanol–water partition coefficient (Wildman–Crippen LogP) is 2.67. The van der Waals surface area contributed by atoms with E-state index in [-0.39, 0.29) is 12.6 Å². The van der Waals surface area contributed by atoms with E-state index in [4.69, 9.17) is 4.84 Å². The SMILES string of the molecule is CC(CONC(=O)C=C1CCN(c2ncc(C(F)(F)F)cn2)CC1)Nc1cn[nH]c(=O)c1C(F)(F)F. The number of aromatic amines is 1. The van der Waals surface area contributed by atoms with Crippen LogP contribution in [0.25, 0.3) is 0 Å². The van der Waals surface area contributed by atoms with Crippen molar-refractivity contribution in [3.05, 3.63) is 51.7 Å². The third-order valence-corrected chi connectivity index (χ3v) is 5.04. The van der Waals surface area contributed by atoms with Crippen LogP contribution in [0.5, 0.6) is 0 Å². The molecule has 1 fully saturated rings. The molecule has 1 saturated heterocycles. The summed E-state index contributed by atoms with van der Waals surface area (Å²) in [5, 5.41) is 7.54. The first-order valence-corrected chi connectivity index (χ1v) is 10.5. The van der Waals surface area contributed by atoms with Gasteiger partial charge in [-0.3, -0.25) is 14.4 Å². The van der Waals surface area contributed by atoms with Crippen LogP contribution in [0.3, 0.4) is 0 Å². The second-order valence-electron chi connectivity index (χ2n) is 7.87. The molecule has 0 aliphatic carbocycles. The average molecular weight is 521 g/mol. The molecule has 16 heteroatoms. The largest absolute Gasteiger partial charge is 0.423 e. The first kappa shape index (κ1) is 26.9. The molecule has 196 valence electrons. The molecule has 1 aliphatic rings. The molecular formula is C20H21F6N7O3. The Balaban J connectivity index is 1.45. The number of nitrogens with one attached hydrogen (secondary N) is 3. The Hall–Kier alpha value is -3.69. The lowest BCUT2D eigenvalue weighted by Gasteiger charge is -2.28. The molecule has 0 saturated carbocycles. The standard InChI is InChI=1S/C20H21F6N7O3/c1-11(30-14-9-29-31-17(35)16(14)20(24,25)26)10-36-32-15(34)6-12-2-4-33(5-3-12)18-27-7-13(8-28-18)19(21,22)23/h6-9,11H,2-5,10H2,1H3,(H,32,34)(H2,30,31,35). The maximum absolute atomic E-state index is 13.1. The minimum Gasteiger partial charge on any atom is -0.378 e. The summed E-state index contributed by atoms with van der Waals surface area (Å²) in [5.41, 5.74) is -1.37. The summed E-state index contributed by atoms with van der Waals surface area (Å²) in [4.78, 5) is 37.8. The number of hydrogen-bond acceptors (Lipinski definition) is 8. The fraction of sp³-hybridized carbons (Fsp3) is 0.450. The highest BCUT2D eigenvalue weighted by Crippen LogP contribution is 2.31. The van der Waals surface area contributed by atoms with Crippen LogP contribution >= 0.6 is 0 Å². The van der Waals surface area contributed by atoms with Crippen LogP contribution in [0.2, 0.25) is 0 Å². The van der Waals surface area contributed by atoms with Crippen molar-refractivity contribution in [3.8, 4) is 0 Å². The number of hydrogen-bond donors (Lipinski definition) is 3. The maximum atomic E-state index is 13.1. The van der Waals surface area contributed by atoms with E-state index in [2.05, 4.69) is 25.9 Å². The minimum atomic E-state index is -4.89. The Bertz CT molecular complexity index is 1140. The first-order chi connectivity index (χ1) is 16.8. The van der Waals surface area contributed by atoms with Crippen molar-refractivity contribution in [2.75, 3.05) is 29.9 Å². The molecular weight excluding hydrogens is 500 g/mol. The van der Waals surface area contributed by atoms with Gasteiger partial charge in [0.2, 0.25) is 5.95 Å². The molecule has 36 heavy (non-hydrogen) atoms. The van der Waals surface area contributed by atoms with E-state index >= 15 is 0 Å². The zero-order valence-corrected chi connectivity index (χ0v) is 18.7. The average Bonchev–Trinajstić information content (AvgIpc) is 2.78. The van der Waals surface area contributed by atoms with Gasteiger partial charge >= 0.3 is 12.4 Å². The highest BCUT2D eigenvalue weighted by Gasteiger charge is 2.37. The summed E-state index contributed by atoms with van der Waals surface area (Å²) >= 11 is 0. The zero-order chi connectivity index (χ0) is 26.5. The number of amides is 1. The van der Waals surface area contributed by atoms with Crippen molar-refractivity contribution in [2.24, 2.45) is 0 Å². The number of hydroxylamine groups is 1. The lowest BCUT2D eigenvalue weighted by molar-refractivity contribution is -0.139. The molecule has 1 aliphatic heterocycles. The van der Waals surface area contributed by atoms with Crippen molar-refractivity contribution in [3.63, 3.8) is 0 Å². The molecule has 3 N–H and O–H groups in total. The van der Waals surface area contributed by atoms with Crippen molar-refractivity contribution >= 4 is 17.5 Å². The number of nitrogens with zero attached hydrogens (tertiary/aromatic N) is 4. The molecule has 3 heterocycles. The number of piperidine rings is 1. The smallest absolute Gasteiger partial charge is 0.378 e. The Morgan fingerprint density at radius 2 is 1.78 bits per heavy atom. The van der Waals surface area contributed by atoms with E-state index in [0.29, 0.717) is 38.3 Å². The Labute approximate surface area is 199 Å². The Morgan fingerprint density at radius 1 is 1.14 bits per heavy atom. The summed E-state index contributed by atoms with van der Waals surface area (Å²) in [6.07, 6.45) is -4.98. The number of aromatic nitrogens is 4. The maximum Gasteiger partial charge on any atom is 0.423 e. The predicted molar refractivity (Wildman–Crippen MR) is 114 cm³/mol. The Morgan fingerprint density at radius 3 is 2.36 bits per heavy atom. The van der Waals surface area contributed by atoms with Gasteiger partial charge in [0.05, 0.1) is 24.1 Å². The van der Waals surface area contributed by atoms with Crippen molar-refractivity contribution in [1.29, 1.82) is 0 Å². The van der Waals surface area contributed by atoms with Crippen molar-refractivity contribution in [2.45, 2.75) is 38.2 Å². The lowest BCUT2D eigenvalue weighted by Crippen LogP contribution is -2.33. The van der Waals surface area contributed by atoms with Crippen molar-refractivity contribution in [1.82, 2.24) is 25.6 Å². The quantitative estimate of drug-likeness (QED) is 0.289. The van der Waals surface area contributed by atoms with Gasteiger partial charge in [0, 0.05) is 37.6 Å². The van der Waals surface area contributed by atoms with Gasteiger partial charge in [-0.05, 0) is 19.8 Å². The van der Waals surface area contributed by atoms with E-state index in [1.807, 2.05) is 0 Å². The van der Waals surface area contributed by atoms with Gasteiger partial charge in [0.15, 0.2) is 0 Å². The molecule has 3 rings (SSSR count). The van der Waals surface area contributed by atoms with Gasteiger partial charge in [-0.1, -0.05) is 5.57 Å². The third-order valence-electron chi connectivity index (χ3n) is 5.04. The van der Waals surface area contributed by atoms with Gasteiger partial charge in [0.1, 0.15) is 5.56 Å². The summed E-state index contributed by atoms with van der Waals surface area (Å²) < 4.78 is 77.1. The van der Waals surface area contributed by atoms with Gasteiger partial charge in [-0.15, -0.1) is 0 Å². The molecule has 0 radical (unpaired) electrons. The number of alkyl halides is 6. The summed E-state index contributed by atoms with van der Waals surface area (Å²) in [6.45, 7) is 2.03. The molecule has 0 bridgehead atoms. The third kappa shape index (κ3) is 7.16. The fourth-order valence-electron chi connectivity index (χ4n) is 3.32. The normalized spacial score (nSPS) is 15.4. The van der Waals surface area contributed by atoms with Gasteiger partial charge in [-0.25, -0.2) is 20.5 Å². The van der Waals surface area contributed by atoms with Gasteiger partial charge in [-0.2, -0.15) is 31.4 Å². The molecule has 0 spiro atoms. The van der Waals surface area contributed by atoms with E-state index in [1.165, 1.54) is 13.0 Å². The summed E-state index contributed by atoms with van der Waals surface area (Å²) in [6, 6.07) is -0.727. The molecule has 1 unspecified atom stereocenters. The van der Waals surface area contributed by atoms with Crippen LogP contribution in [0, 0.1) is 0 Å². The van der Waals surface area contributed by atoms with E-state index in [0.717, 1.165) is 11.8 Å². The molecule has 1 atom stereocenters. The van der Waals surface area contributed by atoms with Gasteiger partial charge in [0.25, 0.3) is 11.5 Å². The second-order valence-corrected chi connectivity index (χ2v) is 7.87. The van der Waals surface area contributed by atoms with Crippen LogP contribution < -0.4 is 21.3 Å². The number of anilines is 2. The molecule has 10 nitrogen and oxygen atoms in total. The first-order valence-electron chi connectivity index (χ1n) is 10.5. The van der Waals surface area contributed by atoms with Crippen molar-refractivity contribution < 1.29 is 36.0 Å². The minimum absolute atomic E-state index is 0.153. The summed E-state index contributed by atoms with van der Waals surface area (Å²) in [5.74, 6) is -0.439. The van der Waals surface area contributed by atoms with E-state index in [1.54, 1.807) is 10.00 Å². The van der Waals surface area contributed by atoms with Crippen LogP contribution in [0.1, 0.15) is 30.9 Å².